The minimum Gasteiger partial charge on any atom is -0.497 e. The van der Waals surface area contributed by atoms with E-state index in [1.807, 2.05) is 42.5 Å². The van der Waals surface area contributed by atoms with Gasteiger partial charge in [-0.25, -0.2) is 0 Å². The van der Waals surface area contributed by atoms with E-state index in [2.05, 4.69) is 16.4 Å². The van der Waals surface area contributed by atoms with Gasteiger partial charge < -0.3 is 15.0 Å². The predicted octanol–water partition coefficient (Wildman–Crippen LogP) is 5.93. The fourth-order valence-corrected chi connectivity index (χ4v) is 4.68. The van der Waals surface area contributed by atoms with Crippen molar-refractivity contribution in [3.63, 3.8) is 0 Å². The summed E-state index contributed by atoms with van der Waals surface area (Å²) in [7, 11) is 1.63. The van der Waals surface area contributed by atoms with Crippen molar-refractivity contribution in [2.45, 2.75) is 4.90 Å². The number of rotatable bonds is 8. The first-order chi connectivity index (χ1) is 16.0. The van der Waals surface area contributed by atoms with Crippen LogP contribution in [0.3, 0.4) is 0 Å². The van der Waals surface area contributed by atoms with Crippen molar-refractivity contribution in [2.75, 3.05) is 19.4 Å². The first-order valence-electron chi connectivity index (χ1n) is 10.1. The van der Waals surface area contributed by atoms with Gasteiger partial charge in [-0.1, -0.05) is 29.8 Å². The van der Waals surface area contributed by atoms with Gasteiger partial charge in [-0.05, 0) is 48.0 Å². The minimum atomic E-state index is -0.604. The molecule has 3 aromatic carbocycles. The highest BCUT2D eigenvalue weighted by atomic mass is 35.5. The molecular formula is C24H20ClN3O4S. The normalized spacial score (nSPS) is 10.8. The molecular weight excluding hydrogens is 462 g/mol. The van der Waals surface area contributed by atoms with Crippen LogP contribution in [0.4, 0.5) is 5.69 Å². The molecule has 168 valence electrons. The number of thioether (sulfide) groups is 1. The van der Waals surface area contributed by atoms with Gasteiger partial charge in [-0.2, -0.15) is 0 Å². The lowest BCUT2D eigenvalue weighted by molar-refractivity contribution is -0.384. The van der Waals surface area contributed by atoms with Crippen LogP contribution >= 0.6 is 23.4 Å². The summed E-state index contributed by atoms with van der Waals surface area (Å²) in [4.78, 5) is 27.5. The molecule has 7 nitrogen and oxygen atoms in total. The topological polar surface area (TPSA) is 97.3 Å². The number of H-pyrrole nitrogens is 1. The summed E-state index contributed by atoms with van der Waals surface area (Å²) in [5.41, 5.74) is 2.97. The average Bonchev–Trinajstić information content (AvgIpc) is 3.20. The molecule has 0 atom stereocenters. The third-order valence-electron chi connectivity index (χ3n) is 5.08. The molecule has 1 amide bonds. The summed E-state index contributed by atoms with van der Waals surface area (Å²) in [5.74, 6) is 1.02. The maximum atomic E-state index is 12.4. The minimum absolute atomic E-state index is 0.00231. The number of benzene rings is 3. The van der Waals surface area contributed by atoms with Crippen molar-refractivity contribution in [1.29, 1.82) is 0 Å². The van der Waals surface area contributed by atoms with Gasteiger partial charge >= 0.3 is 0 Å². The van der Waals surface area contributed by atoms with E-state index < -0.39 is 4.92 Å². The molecule has 1 heterocycles. The Morgan fingerprint density at radius 1 is 1.15 bits per heavy atom. The number of carbonyl (C=O) groups is 1. The van der Waals surface area contributed by atoms with E-state index in [-0.39, 0.29) is 22.2 Å². The monoisotopic (exact) mass is 481 g/mol. The SMILES string of the molecule is COc1ccc(-c2[nH]c3ccccc3c2SCCNC(=O)c2ccc(Cl)c([N+](=O)[O-])c2)cc1. The summed E-state index contributed by atoms with van der Waals surface area (Å²) in [6.45, 7) is 0.390. The van der Waals surface area contributed by atoms with Crippen LogP contribution < -0.4 is 10.1 Å². The van der Waals surface area contributed by atoms with Crippen molar-refractivity contribution in [3.8, 4) is 17.0 Å². The molecule has 2 N–H and O–H groups in total. The molecule has 4 rings (SSSR count). The number of fused-ring (bicyclic) bond motifs is 1. The van der Waals surface area contributed by atoms with Gasteiger partial charge in [-0.3, -0.25) is 14.9 Å². The highest BCUT2D eigenvalue weighted by Gasteiger charge is 2.17. The Labute approximate surface area is 199 Å². The largest absolute Gasteiger partial charge is 0.497 e. The smallest absolute Gasteiger partial charge is 0.288 e. The fraction of sp³-hybridized carbons (Fsp3) is 0.125. The van der Waals surface area contributed by atoms with Gasteiger partial charge in [-0.15, -0.1) is 11.8 Å². The lowest BCUT2D eigenvalue weighted by atomic mass is 10.1. The van der Waals surface area contributed by atoms with Crippen molar-refractivity contribution in [3.05, 3.63) is 87.4 Å². The van der Waals surface area contributed by atoms with E-state index in [9.17, 15) is 14.9 Å². The average molecular weight is 482 g/mol. The van der Waals surface area contributed by atoms with Crippen molar-refractivity contribution >= 4 is 45.9 Å². The Morgan fingerprint density at radius 3 is 2.64 bits per heavy atom. The number of methoxy groups -OCH3 is 1. The van der Waals surface area contributed by atoms with Crippen molar-refractivity contribution in [1.82, 2.24) is 10.3 Å². The van der Waals surface area contributed by atoms with Gasteiger partial charge in [0.2, 0.25) is 0 Å². The van der Waals surface area contributed by atoms with E-state index >= 15 is 0 Å². The molecule has 0 bridgehead atoms. The molecule has 0 saturated carbocycles. The molecule has 0 aliphatic rings. The Kier molecular flexibility index (Phi) is 6.86. The number of aromatic amines is 1. The number of nitrogens with zero attached hydrogens (tertiary/aromatic N) is 1. The van der Waals surface area contributed by atoms with E-state index in [4.69, 9.17) is 16.3 Å². The molecule has 0 saturated heterocycles. The number of hydrogen-bond donors (Lipinski definition) is 2. The third-order valence-corrected chi connectivity index (χ3v) is 6.52. The maximum Gasteiger partial charge on any atom is 0.288 e. The van der Waals surface area contributed by atoms with Gasteiger partial charge in [0.05, 0.1) is 17.7 Å². The van der Waals surface area contributed by atoms with Crippen LogP contribution in [-0.2, 0) is 0 Å². The number of amides is 1. The lowest BCUT2D eigenvalue weighted by Crippen LogP contribution is -2.25. The predicted molar refractivity (Wildman–Crippen MR) is 131 cm³/mol. The zero-order valence-electron chi connectivity index (χ0n) is 17.6. The molecule has 33 heavy (non-hydrogen) atoms. The first kappa shape index (κ1) is 22.7. The number of carbonyl (C=O) groups excluding carboxylic acids is 1. The molecule has 9 heteroatoms. The van der Waals surface area contributed by atoms with Crippen LogP contribution in [0.25, 0.3) is 22.2 Å². The number of hydrogen-bond acceptors (Lipinski definition) is 5. The fourth-order valence-electron chi connectivity index (χ4n) is 3.44. The molecule has 0 fully saturated rings. The van der Waals surface area contributed by atoms with Crippen molar-refractivity contribution < 1.29 is 14.5 Å². The number of nitro groups is 1. The summed E-state index contributed by atoms with van der Waals surface area (Å²) in [5, 5.41) is 15.0. The van der Waals surface area contributed by atoms with E-state index in [1.54, 1.807) is 18.9 Å². The molecule has 0 radical (unpaired) electrons. The molecule has 0 unspecified atom stereocenters. The first-order valence-corrected chi connectivity index (χ1v) is 11.4. The summed E-state index contributed by atoms with van der Waals surface area (Å²) >= 11 is 7.45. The van der Waals surface area contributed by atoms with Gasteiger partial charge in [0, 0.05) is 39.7 Å². The molecule has 4 aromatic rings. The number of nitro benzene ring substituents is 1. The third kappa shape index (κ3) is 4.97. The number of nitrogens with one attached hydrogen (secondary N) is 2. The Bertz CT molecular complexity index is 1320. The van der Waals surface area contributed by atoms with Crippen LogP contribution in [0.2, 0.25) is 5.02 Å². The number of para-hydroxylation sites is 1. The van der Waals surface area contributed by atoms with E-state index in [0.29, 0.717) is 12.3 Å². The van der Waals surface area contributed by atoms with Gasteiger partial charge in [0.15, 0.2) is 0 Å². The Morgan fingerprint density at radius 2 is 1.91 bits per heavy atom. The van der Waals surface area contributed by atoms with Crippen LogP contribution in [0.5, 0.6) is 5.75 Å². The van der Waals surface area contributed by atoms with Crippen LogP contribution in [-0.4, -0.2) is 35.2 Å². The molecule has 0 spiro atoms. The standard InChI is InChI=1S/C24H20ClN3O4S/c1-32-17-9-6-15(7-10-17)22-23(18-4-2-3-5-20(18)27-22)33-13-12-26-24(29)16-8-11-19(25)21(14-16)28(30)31/h2-11,14,27H,12-13H2,1H3,(H,26,29). The molecule has 0 aliphatic carbocycles. The second-order valence-corrected chi connectivity index (χ2v) is 8.64. The summed E-state index contributed by atoms with van der Waals surface area (Å²) in [6.07, 6.45) is 0. The summed E-state index contributed by atoms with van der Waals surface area (Å²) in [6, 6.07) is 19.9. The van der Waals surface area contributed by atoms with E-state index in [1.165, 1.54) is 18.2 Å². The zero-order valence-corrected chi connectivity index (χ0v) is 19.2. The van der Waals surface area contributed by atoms with Crippen molar-refractivity contribution in [2.24, 2.45) is 0 Å². The lowest BCUT2D eigenvalue weighted by Gasteiger charge is -2.08. The van der Waals surface area contributed by atoms with Crippen LogP contribution in [0, 0.1) is 10.1 Å². The van der Waals surface area contributed by atoms with Crippen LogP contribution in [0.15, 0.2) is 71.6 Å². The summed E-state index contributed by atoms with van der Waals surface area (Å²) < 4.78 is 5.26. The van der Waals surface area contributed by atoms with Gasteiger partial charge in [0.25, 0.3) is 11.6 Å². The highest BCUT2D eigenvalue weighted by Crippen LogP contribution is 2.38. The Balaban J connectivity index is 1.48. The zero-order chi connectivity index (χ0) is 23.4. The number of ether oxygens (including phenoxy) is 1. The molecule has 1 aromatic heterocycles. The number of aromatic nitrogens is 1. The highest BCUT2D eigenvalue weighted by molar-refractivity contribution is 7.99. The van der Waals surface area contributed by atoms with Gasteiger partial charge in [0.1, 0.15) is 10.8 Å². The quantitative estimate of drug-likeness (QED) is 0.141. The number of halogens is 1. The second-order valence-electron chi connectivity index (χ2n) is 7.13. The van der Waals surface area contributed by atoms with Crippen LogP contribution in [0.1, 0.15) is 10.4 Å². The molecule has 0 aliphatic heterocycles. The maximum absolute atomic E-state index is 12.4. The van der Waals surface area contributed by atoms with E-state index in [0.717, 1.165) is 32.8 Å². The second kappa shape index (κ2) is 9.97. The Hall–Kier alpha value is -3.49.